The highest BCUT2D eigenvalue weighted by molar-refractivity contribution is 7.89. The number of hydrogen-bond donors (Lipinski definition) is 6. The summed E-state index contributed by atoms with van der Waals surface area (Å²) in [7, 11) is -3.84. The summed E-state index contributed by atoms with van der Waals surface area (Å²) in [6.45, 7) is 2.08. The highest BCUT2D eigenvalue weighted by Crippen LogP contribution is 2.22. The maximum Gasteiger partial charge on any atom is 0.257 e. The first-order valence-corrected chi connectivity index (χ1v) is 12.3. The van der Waals surface area contributed by atoms with Gasteiger partial charge in [0.05, 0.1) is 4.90 Å². The summed E-state index contributed by atoms with van der Waals surface area (Å²) in [5, 5.41) is 0. The molecular weight excluding hydrogens is 446 g/mol. The van der Waals surface area contributed by atoms with E-state index < -0.39 is 10.0 Å². The Morgan fingerprint density at radius 3 is 1.67 bits per heavy atom. The summed E-state index contributed by atoms with van der Waals surface area (Å²) in [5.41, 5.74) is 27.2. The number of rotatable bonds is 6. The van der Waals surface area contributed by atoms with Crippen LogP contribution in [0.1, 0.15) is 12.8 Å². The molecule has 14 heteroatoms. The number of anilines is 3. The number of sulfonamides is 1. The molecule has 33 heavy (non-hydrogen) atoms. The molecular formula is C19H31N11O2S. The highest BCUT2D eigenvalue weighted by atomic mass is 32.2. The fraction of sp³-hybridized carbons (Fsp3) is 0.526. The summed E-state index contributed by atoms with van der Waals surface area (Å²) < 4.78 is 25.2. The van der Waals surface area contributed by atoms with E-state index in [4.69, 9.17) is 22.9 Å². The van der Waals surface area contributed by atoms with Crippen molar-refractivity contribution < 1.29 is 8.42 Å². The van der Waals surface area contributed by atoms with E-state index in [1.165, 1.54) is 12.1 Å². The minimum Gasteiger partial charge on any atom is -0.338 e. The first-order valence-electron chi connectivity index (χ1n) is 10.8. The summed E-state index contributed by atoms with van der Waals surface area (Å²) >= 11 is 0. The molecule has 10 N–H and O–H groups in total. The average Bonchev–Trinajstić information content (AvgIpc) is 2.77. The molecule has 2 aromatic rings. The standard InChI is InChI=1S/C19H31N11O2S/c20-12-6-13(21)9-29(8-12)18-24-17(27-28-33(31,32)16-4-2-1-3-5-16)25-19(26-18)30-10-14(22)7-15(23)11-30/h1-5,12-15,28H,6-11,20-23H2,(H,24,25,26,27). The van der Waals surface area contributed by atoms with Crippen LogP contribution in [0.5, 0.6) is 0 Å². The van der Waals surface area contributed by atoms with E-state index in [1.54, 1.807) is 18.2 Å². The molecule has 0 aliphatic carbocycles. The van der Waals surface area contributed by atoms with Crippen molar-refractivity contribution in [3.8, 4) is 0 Å². The Morgan fingerprint density at radius 1 is 0.758 bits per heavy atom. The Bertz CT molecular complexity index is 991. The molecule has 0 spiro atoms. The van der Waals surface area contributed by atoms with Crippen molar-refractivity contribution in [1.29, 1.82) is 0 Å². The molecule has 13 nitrogen and oxygen atoms in total. The lowest BCUT2D eigenvalue weighted by Gasteiger charge is -2.36. The number of nitrogens with zero attached hydrogens (tertiary/aromatic N) is 5. The van der Waals surface area contributed by atoms with Gasteiger partial charge in [0.1, 0.15) is 0 Å². The second-order valence-corrected chi connectivity index (χ2v) is 10.3. The van der Waals surface area contributed by atoms with Gasteiger partial charge in [0.2, 0.25) is 17.8 Å². The SMILES string of the molecule is NC1CC(N)CN(c2nc(NNS(=O)(=O)c3ccccc3)nc(N3CC(N)CC(N)C3)n2)C1. The number of nitrogens with two attached hydrogens (primary N) is 4. The average molecular weight is 478 g/mol. The molecule has 2 saturated heterocycles. The van der Waals surface area contributed by atoms with E-state index in [-0.39, 0.29) is 35.0 Å². The maximum atomic E-state index is 12.6. The number of benzene rings is 1. The highest BCUT2D eigenvalue weighted by Gasteiger charge is 2.29. The van der Waals surface area contributed by atoms with Crippen molar-refractivity contribution in [1.82, 2.24) is 19.8 Å². The van der Waals surface area contributed by atoms with Crippen molar-refractivity contribution in [2.75, 3.05) is 41.4 Å². The normalized spacial score (nSPS) is 26.3. The lowest BCUT2D eigenvalue weighted by Crippen LogP contribution is -2.54. The minimum absolute atomic E-state index is 0.0370. The molecule has 0 amide bonds. The quantitative estimate of drug-likeness (QED) is 0.247. The van der Waals surface area contributed by atoms with Crippen LogP contribution in [0.15, 0.2) is 35.2 Å². The largest absolute Gasteiger partial charge is 0.338 e. The zero-order valence-corrected chi connectivity index (χ0v) is 19.0. The maximum absolute atomic E-state index is 12.6. The van der Waals surface area contributed by atoms with Crippen LogP contribution in [-0.4, -0.2) is 73.7 Å². The van der Waals surface area contributed by atoms with Crippen LogP contribution < -0.4 is 43.0 Å². The Balaban J connectivity index is 1.62. The van der Waals surface area contributed by atoms with Gasteiger partial charge < -0.3 is 32.7 Å². The number of piperidine rings is 2. The molecule has 0 radical (unpaired) electrons. The van der Waals surface area contributed by atoms with Crippen molar-refractivity contribution in [2.24, 2.45) is 22.9 Å². The molecule has 0 saturated carbocycles. The molecule has 3 heterocycles. The van der Waals surface area contributed by atoms with E-state index in [9.17, 15) is 8.42 Å². The van der Waals surface area contributed by atoms with Crippen molar-refractivity contribution in [2.45, 2.75) is 41.9 Å². The van der Waals surface area contributed by atoms with Crippen molar-refractivity contribution >= 4 is 27.9 Å². The van der Waals surface area contributed by atoms with Crippen LogP contribution in [0.25, 0.3) is 0 Å². The molecule has 1 aromatic heterocycles. The van der Waals surface area contributed by atoms with Gasteiger partial charge in [0.25, 0.3) is 10.0 Å². The Morgan fingerprint density at radius 2 is 1.21 bits per heavy atom. The fourth-order valence-electron chi connectivity index (χ4n) is 4.15. The van der Waals surface area contributed by atoms with Gasteiger partial charge in [-0.3, -0.25) is 5.43 Å². The van der Waals surface area contributed by atoms with E-state index in [2.05, 4.69) is 25.2 Å². The summed E-state index contributed by atoms with van der Waals surface area (Å²) in [6, 6.07) is 7.48. The molecule has 180 valence electrons. The lowest BCUT2D eigenvalue weighted by atomic mass is 10.0. The van der Waals surface area contributed by atoms with E-state index in [0.717, 1.165) is 0 Å². The first-order chi connectivity index (χ1) is 15.7. The predicted octanol–water partition coefficient (Wildman–Crippen LogP) is -2.09. The van der Waals surface area contributed by atoms with Crippen LogP contribution in [-0.2, 0) is 10.0 Å². The lowest BCUT2D eigenvalue weighted by molar-refractivity contribution is 0.441. The van der Waals surface area contributed by atoms with Crippen LogP contribution in [0.4, 0.5) is 17.8 Å². The zero-order valence-electron chi connectivity index (χ0n) is 18.2. The topological polar surface area (TPSA) is 207 Å². The third-order valence-corrected chi connectivity index (χ3v) is 6.82. The Labute approximate surface area is 192 Å². The smallest absolute Gasteiger partial charge is 0.257 e. The molecule has 4 rings (SSSR count). The molecule has 2 fully saturated rings. The summed E-state index contributed by atoms with van der Waals surface area (Å²) in [4.78, 5) is 19.6. The van der Waals surface area contributed by atoms with Gasteiger partial charge in [-0.05, 0) is 25.0 Å². The third-order valence-electron chi connectivity index (χ3n) is 5.56. The number of hydrazine groups is 1. The van der Waals surface area contributed by atoms with Gasteiger partial charge >= 0.3 is 0 Å². The van der Waals surface area contributed by atoms with Crippen LogP contribution in [0.2, 0.25) is 0 Å². The van der Waals surface area contributed by atoms with Gasteiger partial charge in [-0.15, -0.1) is 4.83 Å². The Hall–Kier alpha value is -2.62. The van der Waals surface area contributed by atoms with Gasteiger partial charge in [0.15, 0.2) is 0 Å². The van der Waals surface area contributed by atoms with E-state index in [1.807, 2.05) is 9.80 Å². The molecule has 1 aromatic carbocycles. The molecule has 0 bridgehead atoms. The third kappa shape index (κ3) is 5.85. The molecule has 4 atom stereocenters. The predicted molar refractivity (Wildman–Crippen MR) is 126 cm³/mol. The monoisotopic (exact) mass is 477 g/mol. The van der Waals surface area contributed by atoms with Crippen molar-refractivity contribution in [3.63, 3.8) is 0 Å². The van der Waals surface area contributed by atoms with Gasteiger partial charge in [-0.25, -0.2) is 8.42 Å². The molecule has 2 aliphatic rings. The summed E-state index contributed by atoms with van der Waals surface area (Å²) in [5.74, 6) is 0.731. The van der Waals surface area contributed by atoms with Crippen LogP contribution >= 0.6 is 0 Å². The van der Waals surface area contributed by atoms with E-state index in [0.29, 0.717) is 50.9 Å². The number of nitrogens with one attached hydrogen (secondary N) is 2. The van der Waals surface area contributed by atoms with Gasteiger partial charge in [0, 0.05) is 50.3 Å². The van der Waals surface area contributed by atoms with Gasteiger partial charge in [-0.2, -0.15) is 15.0 Å². The van der Waals surface area contributed by atoms with Crippen LogP contribution in [0.3, 0.4) is 0 Å². The minimum atomic E-state index is -3.84. The first kappa shape index (κ1) is 23.5. The zero-order chi connectivity index (χ0) is 23.6. The second-order valence-electron chi connectivity index (χ2n) is 8.62. The van der Waals surface area contributed by atoms with E-state index >= 15 is 0 Å². The summed E-state index contributed by atoms with van der Waals surface area (Å²) in [6.07, 6.45) is 1.40. The molecule has 4 unspecified atom stereocenters. The second kappa shape index (κ2) is 9.70. The fourth-order valence-corrected chi connectivity index (χ4v) is 5.01. The molecule has 2 aliphatic heterocycles. The van der Waals surface area contributed by atoms with Crippen LogP contribution in [0, 0.1) is 0 Å². The number of hydrogen-bond acceptors (Lipinski definition) is 12. The van der Waals surface area contributed by atoms with Gasteiger partial charge in [-0.1, -0.05) is 18.2 Å². The van der Waals surface area contributed by atoms with Crippen molar-refractivity contribution in [3.05, 3.63) is 30.3 Å². The number of aromatic nitrogens is 3. The Kier molecular flexibility index (Phi) is 6.92.